The Labute approximate surface area is 183 Å². The zero-order chi connectivity index (χ0) is 20.8. The lowest BCUT2D eigenvalue weighted by Gasteiger charge is -2.27. The molecule has 4 rings (SSSR count). The van der Waals surface area contributed by atoms with Crippen LogP contribution in [0.2, 0.25) is 5.02 Å². The van der Waals surface area contributed by atoms with E-state index in [1.807, 2.05) is 54.6 Å². The summed E-state index contributed by atoms with van der Waals surface area (Å²) < 4.78 is 19.6. The molecule has 0 spiro atoms. The van der Waals surface area contributed by atoms with Crippen molar-refractivity contribution in [2.75, 3.05) is 19.7 Å². The lowest BCUT2D eigenvalue weighted by molar-refractivity contribution is 0.0381. The van der Waals surface area contributed by atoms with Gasteiger partial charge < -0.3 is 4.74 Å². The Morgan fingerprint density at radius 1 is 0.933 bits per heavy atom. The molecule has 0 N–H and O–H groups in total. The molecule has 1 aliphatic rings. The molecule has 3 aromatic carbocycles. The number of nitrogens with zero attached hydrogens (tertiary/aromatic N) is 1. The van der Waals surface area contributed by atoms with Crippen LogP contribution < -0.4 is 0 Å². The summed E-state index contributed by atoms with van der Waals surface area (Å²) in [5, 5.41) is 0.730. The van der Waals surface area contributed by atoms with Crippen LogP contribution in [0.1, 0.15) is 35.6 Å². The van der Waals surface area contributed by atoms with Gasteiger partial charge in [-0.1, -0.05) is 66.2 Å². The van der Waals surface area contributed by atoms with Gasteiger partial charge in [-0.2, -0.15) is 0 Å². The van der Waals surface area contributed by atoms with Crippen LogP contribution in [0.4, 0.5) is 4.39 Å². The van der Waals surface area contributed by atoms with Gasteiger partial charge in [0.15, 0.2) is 0 Å². The van der Waals surface area contributed by atoms with Gasteiger partial charge in [-0.15, -0.1) is 0 Å². The molecule has 1 aliphatic heterocycles. The van der Waals surface area contributed by atoms with E-state index >= 15 is 0 Å². The lowest BCUT2D eigenvalue weighted by atomic mass is 10.0. The van der Waals surface area contributed by atoms with Gasteiger partial charge in [-0.3, -0.25) is 4.90 Å². The van der Waals surface area contributed by atoms with Gasteiger partial charge in [0.05, 0.1) is 6.61 Å². The van der Waals surface area contributed by atoms with Crippen LogP contribution >= 0.6 is 11.6 Å². The van der Waals surface area contributed by atoms with Gasteiger partial charge in [0.1, 0.15) is 11.9 Å². The van der Waals surface area contributed by atoms with Gasteiger partial charge in [0, 0.05) is 17.6 Å². The maximum atomic E-state index is 13.1. The van der Waals surface area contributed by atoms with Crippen molar-refractivity contribution in [3.05, 3.63) is 106 Å². The van der Waals surface area contributed by atoms with Crippen molar-refractivity contribution in [2.45, 2.75) is 31.4 Å². The summed E-state index contributed by atoms with van der Waals surface area (Å²) in [6.45, 7) is 2.74. The minimum atomic E-state index is -0.180. The molecule has 2 nitrogen and oxygen atoms in total. The summed E-state index contributed by atoms with van der Waals surface area (Å²) >= 11 is 6.09. The van der Waals surface area contributed by atoms with E-state index in [2.05, 4.69) is 17.0 Å². The molecule has 1 unspecified atom stereocenters. The van der Waals surface area contributed by atoms with Crippen LogP contribution in [-0.4, -0.2) is 30.6 Å². The standard InChI is InChI=1S/C26H27ClFNO/c27-23-12-10-22(11-13-23)26(21-5-2-1-3-6-21)30-19-25-7-4-17-29(25)18-16-20-8-14-24(28)15-9-20/h1-3,5-6,8-15,25-26H,4,7,16-19H2/t25-,26?/m0/s1. The minimum Gasteiger partial charge on any atom is -0.367 e. The fourth-order valence-electron chi connectivity index (χ4n) is 4.16. The normalized spacial score (nSPS) is 17.9. The van der Waals surface area contributed by atoms with E-state index < -0.39 is 0 Å². The van der Waals surface area contributed by atoms with E-state index in [9.17, 15) is 4.39 Å². The molecule has 0 amide bonds. The Morgan fingerprint density at radius 3 is 2.37 bits per heavy atom. The number of hydrogen-bond donors (Lipinski definition) is 0. The number of halogens is 2. The third kappa shape index (κ3) is 5.48. The Bertz CT molecular complexity index is 914. The predicted octanol–water partition coefficient (Wildman–Crippen LogP) is 6.29. The number of rotatable bonds is 8. The molecule has 4 heteroatoms. The Kier molecular flexibility index (Phi) is 7.16. The molecule has 156 valence electrons. The molecule has 0 saturated carbocycles. The predicted molar refractivity (Wildman–Crippen MR) is 120 cm³/mol. The second-order valence-corrected chi connectivity index (χ2v) is 8.32. The topological polar surface area (TPSA) is 12.5 Å². The molecular weight excluding hydrogens is 397 g/mol. The Balaban J connectivity index is 1.40. The molecule has 2 atom stereocenters. The first-order chi connectivity index (χ1) is 14.7. The zero-order valence-corrected chi connectivity index (χ0v) is 17.8. The Morgan fingerprint density at radius 2 is 1.63 bits per heavy atom. The molecule has 1 heterocycles. The highest BCUT2D eigenvalue weighted by Crippen LogP contribution is 2.29. The van der Waals surface area contributed by atoms with Crippen LogP contribution in [0, 0.1) is 5.82 Å². The fourth-order valence-corrected chi connectivity index (χ4v) is 4.29. The number of ether oxygens (including phenoxy) is 1. The molecule has 1 saturated heterocycles. The van der Waals surface area contributed by atoms with Crippen LogP contribution in [-0.2, 0) is 11.2 Å². The quantitative estimate of drug-likeness (QED) is 0.422. The third-order valence-electron chi connectivity index (χ3n) is 5.83. The van der Waals surface area contributed by atoms with Crippen molar-refractivity contribution >= 4 is 11.6 Å². The van der Waals surface area contributed by atoms with Gasteiger partial charge in [0.25, 0.3) is 0 Å². The summed E-state index contributed by atoms with van der Waals surface area (Å²) in [5.74, 6) is -0.180. The van der Waals surface area contributed by atoms with Crippen molar-refractivity contribution < 1.29 is 9.13 Å². The second kappa shape index (κ2) is 10.2. The monoisotopic (exact) mass is 423 g/mol. The highest BCUT2D eigenvalue weighted by molar-refractivity contribution is 6.30. The van der Waals surface area contributed by atoms with Crippen molar-refractivity contribution in [1.29, 1.82) is 0 Å². The van der Waals surface area contributed by atoms with Crippen LogP contribution in [0.5, 0.6) is 0 Å². The summed E-state index contributed by atoms with van der Waals surface area (Å²) in [7, 11) is 0. The summed E-state index contributed by atoms with van der Waals surface area (Å²) in [6.07, 6.45) is 3.15. The van der Waals surface area contributed by atoms with Crippen LogP contribution in [0.25, 0.3) is 0 Å². The smallest absolute Gasteiger partial charge is 0.123 e. The molecule has 30 heavy (non-hydrogen) atoms. The molecule has 3 aromatic rings. The summed E-state index contributed by atoms with van der Waals surface area (Å²) in [6, 6.07) is 25.5. The lowest BCUT2D eigenvalue weighted by Crippen LogP contribution is -2.35. The van der Waals surface area contributed by atoms with E-state index in [4.69, 9.17) is 16.3 Å². The number of hydrogen-bond acceptors (Lipinski definition) is 2. The van der Waals surface area contributed by atoms with E-state index in [0.717, 1.165) is 42.1 Å². The molecule has 0 radical (unpaired) electrons. The minimum absolute atomic E-state index is 0.108. The van der Waals surface area contributed by atoms with Gasteiger partial charge in [-0.25, -0.2) is 4.39 Å². The molecule has 0 aromatic heterocycles. The summed E-state index contributed by atoms with van der Waals surface area (Å²) in [4.78, 5) is 2.51. The maximum absolute atomic E-state index is 13.1. The largest absolute Gasteiger partial charge is 0.367 e. The van der Waals surface area contributed by atoms with E-state index in [0.29, 0.717) is 12.6 Å². The van der Waals surface area contributed by atoms with Crippen molar-refractivity contribution in [3.8, 4) is 0 Å². The van der Waals surface area contributed by atoms with Crippen molar-refractivity contribution in [2.24, 2.45) is 0 Å². The average molecular weight is 424 g/mol. The van der Waals surface area contributed by atoms with Gasteiger partial charge >= 0.3 is 0 Å². The first-order valence-electron chi connectivity index (χ1n) is 10.6. The van der Waals surface area contributed by atoms with Crippen molar-refractivity contribution in [1.82, 2.24) is 4.90 Å². The van der Waals surface area contributed by atoms with E-state index in [1.165, 1.54) is 24.1 Å². The SMILES string of the molecule is Fc1ccc(CCN2CCC[C@H]2COC(c2ccccc2)c2ccc(Cl)cc2)cc1. The number of likely N-dealkylation sites (tertiary alicyclic amines) is 1. The van der Waals surface area contributed by atoms with E-state index in [1.54, 1.807) is 0 Å². The summed E-state index contributed by atoms with van der Waals surface area (Å²) in [5.41, 5.74) is 3.43. The fraction of sp³-hybridized carbons (Fsp3) is 0.308. The first kappa shape index (κ1) is 21.0. The number of benzene rings is 3. The second-order valence-electron chi connectivity index (χ2n) is 7.88. The van der Waals surface area contributed by atoms with E-state index in [-0.39, 0.29) is 11.9 Å². The maximum Gasteiger partial charge on any atom is 0.123 e. The first-order valence-corrected chi connectivity index (χ1v) is 11.0. The van der Waals surface area contributed by atoms with Crippen LogP contribution in [0.15, 0.2) is 78.9 Å². The van der Waals surface area contributed by atoms with Crippen LogP contribution in [0.3, 0.4) is 0 Å². The van der Waals surface area contributed by atoms with Gasteiger partial charge in [-0.05, 0) is 66.8 Å². The third-order valence-corrected chi connectivity index (χ3v) is 6.08. The molecule has 1 fully saturated rings. The molecule has 0 bridgehead atoms. The van der Waals surface area contributed by atoms with Crippen molar-refractivity contribution in [3.63, 3.8) is 0 Å². The Hall–Kier alpha value is -2.20. The highest BCUT2D eigenvalue weighted by Gasteiger charge is 2.26. The average Bonchev–Trinajstić information content (AvgIpc) is 3.23. The van der Waals surface area contributed by atoms with Gasteiger partial charge in [0.2, 0.25) is 0 Å². The zero-order valence-electron chi connectivity index (χ0n) is 17.0. The molecular formula is C26H27ClFNO. The molecule has 0 aliphatic carbocycles. The highest BCUT2D eigenvalue weighted by atomic mass is 35.5.